The molecule has 18 heavy (non-hydrogen) atoms. The number of hydrogen-bond acceptors (Lipinski definition) is 3. The van der Waals surface area contributed by atoms with Gasteiger partial charge in [-0.25, -0.2) is 4.79 Å². The van der Waals surface area contributed by atoms with Crippen LogP contribution in [-0.2, 0) is 6.54 Å². The van der Waals surface area contributed by atoms with E-state index < -0.39 is 5.69 Å². The minimum absolute atomic E-state index is 0.220. The Kier molecular flexibility index (Phi) is 3.66. The van der Waals surface area contributed by atoms with Crippen molar-refractivity contribution < 1.29 is 4.74 Å². The third kappa shape index (κ3) is 2.53. The van der Waals surface area contributed by atoms with E-state index in [1.54, 1.807) is 19.2 Å². The van der Waals surface area contributed by atoms with Crippen molar-refractivity contribution in [1.82, 2.24) is 9.55 Å². The van der Waals surface area contributed by atoms with Gasteiger partial charge < -0.3 is 9.72 Å². The quantitative estimate of drug-likeness (QED) is 0.931. The second-order valence-corrected chi connectivity index (χ2v) is 4.54. The van der Waals surface area contributed by atoms with E-state index in [0.29, 0.717) is 4.47 Å². The lowest BCUT2D eigenvalue weighted by atomic mass is 10.2. The number of hydrogen-bond donors (Lipinski definition) is 1. The van der Waals surface area contributed by atoms with Crippen molar-refractivity contribution in [2.24, 2.45) is 0 Å². The van der Waals surface area contributed by atoms with Crippen LogP contribution in [0.2, 0.25) is 0 Å². The van der Waals surface area contributed by atoms with Crippen LogP contribution >= 0.6 is 15.9 Å². The fourth-order valence-electron chi connectivity index (χ4n) is 1.54. The van der Waals surface area contributed by atoms with E-state index in [0.717, 1.165) is 15.9 Å². The summed E-state index contributed by atoms with van der Waals surface area (Å²) in [5, 5.41) is 0. The van der Waals surface area contributed by atoms with Crippen LogP contribution in [0.3, 0.4) is 0 Å². The minimum atomic E-state index is -0.431. The molecule has 94 valence electrons. The first-order valence-electron chi connectivity index (χ1n) is 5.23. The smallest absolute Gasteiger partial charge is 0.328 e. The van der Waals surface area contributed by atoms with Crippen LogP contribution in [0, 0.1) is 0 Å². The molecule has 1 aromatic heterocycles. The Morgan fingerprint density at radius 1 is 1.28 bits per heavy atom. The Balaban J connectivity index is 2.37. The molecule has 0 bridgehead atoms. The zero-order valence-corrected chi connectivity index (χ0v) is 11.2. The van der Waals surface area contributed by atoms with Crippen molar-refractivity contribution in [2.45, 2.75) is 6.54 Å². The number of ether oxygens (including phenoxy) is 1. The van der Waals surface area contributed by atoms with Crippen molar-refractivity contribution >= 4 is 15.9 Å². The van der Waals surface area contributed by atoms with Crippen LogP contribution in [-0.4, -0.2) is 16.7 Å². The summed E-state index contributed by atoms with van der Waals surface area (Å²) in [6, 6.07) is 7.19. The second-order valence-electron chi connectivity index (χ2n) is 3.68. The largest absolute Gasteiger partial charge is 0.497 e. The predicted molar refractivity (Wildman–Crippen MR) is 71.1 cm³/mol. The molecule has 0 saturated heterocycles. The number of aromatic nitrogens is 2. The van der Waals surface area contributed by atoms with Crippen LogP contribution in [0.5, 0.6) is 5.75 Å². The highest BCUT2D eigenvalue weighted by atomic mass is 79.9. The molecule has 0 fully saturated rings. The predicted octanol–water partition coefficient (Wildman–Crippen LogP) is 1.36. The van der Waals surface area contributed by atoms with E-state index in [1.165, 1.54) is 6.20 Å². The van der Waals surface area contributed by atoms with Crippen LogP contribution in [0.1, 0.15) is 5.56 Å². The molecule has 0 aliphatic carbocycles. The van der Waals surface area contributed by atoms with E-state index in [-0.39, 0.29) is 12.1 Å². The second kappa shape index (κ2) is 5.22. The van der Waals surface area contributed by atoms with E-state index in [4.69, 9.17) is 4.74 Å². The number of H-pyrrole nitrogens is 1. The van der Waals surface area contributed by atoms with Crippen molar-refractivity contribution in [2.75, 3.05) is 7.11 Å². The van der Waals surface area contributed by atoms with Gasteiger partial charge in [0.2, 0.25) is 0 Å². The van der Waals surface area contributed by atoms with Gasteiger partial charge in [0.15, 0.2) is 0 Å². The standard InChI is InChI=1S/C12H11BrN2O3/c1-18-9-4-2-8(3-5-9)7-15-11(16)10(13)6-14-12(15)17/h2-6H,7H2,1H3,(H,14,17). The summed E-state index contributed by atoms with van der Waals surface area (Å²) in [4.78, 5) is 25.9. The van der Waals surface area contributed by atoms with E-state index >= 15 is 0 Å². The van der Waals surface area contributed by atoms with Gasteiger partial charge in [0.1, 0.15) is 5.75 Å². The molecular formula is C12H11BrN2O3. The van der Waals surface area contributed by atoms with Crippen LogP contribution in [0.15, 0.2) is 44.5 Å². The number of nitrogens with zero attached hydrogens (tertiary/aromatic N) is 1. The zero-order valence-electron chi connectivity index (χ0n) is 9.64. The molecule has 0 unspecified atom stereocenters. The molecule has 0 aliphatic rings. The maximum Gasteiger partial charge on any atom is 0.328 e. The Bertz CT molecular complexity index is 658. The Labute approximate surface area is 111 Å². The minimum Gasteiger partial charge on any atom is -0.497 e. The third-order valence-corrected chi connectivity index (χ3v) is 3.08. The van der Waals surface area contributed by atoms with Gasteiger partial charge in [-0.1, -0.05) is 12.1 Å². The molecular weight excluding hydrogens is 300 g/mol. The molecule has 1 heterocycles. The molecule has 6 heteroatoms. The number of benzene rings is 1. The zero-order chi connectivity index (χ0) is 13.1. The Morgan fingerprint density at radius 2 is 1.94 bits per heavy atom. The van der Waals surface area contributed by atoms with E-state index in [1.807, 2.05) is 12.1 Å². The van der Waals surface area contributed by atoms with Gasteiger partial charge in [0.25, 0.3) is 5.56 Å². The van der Waals surface area contributed by atoms with Gasteiger partial charge in [0, 0.05) is 6.20 Å². The summed E-state index contributed by atoms with van der Waals surface area (Å²) < 4.78 is 6.50. The highest BCUT2D eigenvalue weighted by Gasteiger charge is 2.05. The lowest BCUT2D eigenvalue weighted by Gasteiger charge is -2.06. The fourth-order valence-corrected chi connectivity index (χ4v) is 1.87. The molecule has 0 atom stereocenters. The van der Waals surface area contributed by atoms with Crippen LogP contribution in [0.4, 0.5) is 0 Å². The van der Waals surface area contributed by atoms with Gasteiger partial charge in [-0.05, 0) is 33.6 Å². The number of halogens is 1. The van der Waals surface area contributed by atoms with Crippen molar-refractivity contribution in [3.05, 3.63) is 61.3 Å². The fraction of sp³-hybridized carbons (Fsp3) is 0.167. The van der Waals surface area contributed by atoms with Crippen molar-refractivity contribution in [3.63, 3.8) is 0 Å². The highest BCUT2D eigenvalue weighted by Crippen LogP contribution is 2.11. The molecule has 0 amide bonds. The van der Waals surface area contributed by atoms with Crippen LogP contribution in [0.25, 0.3) is 0 Å². The first kappa shape index (κ1) is 12.6. The Morgan fingerprint density at radius 3 is 2.56 bits per heavy atom. The molecule has 5 nitrogen and oxygen atoms in total. The SMILES string of the molecule is COc1ccc(Cn2c(=O)[nH]cc(Br)c2=O)cc1. The maximum atomic E-state index is 11.8. The first-order chi connectivity index (χ1) is 8.61. The summed E-state index contributed by atoms with van der Waals surface area (Å²) in [6.45, 7) is 0.220. The van der Waals surface area contributed by atoms with Crippen molar-refractivity contribution in [3.8, 4) is 5.75 Å². The van der Waals surface area contributed by atoms with Gasteiger partial charge in [-0.2, -0.15) is 0 Å². The molecule has 2 aromatic rings. The maximum absolute atomic E-state index is 11.8. The third-order valence-electron chi connectivity index (χ3n) is 2.52. The van der Waals surface area contributed by atoms with Gasteiger partial charge in [0.05, 0.1) is 18.1 Å². The molecule has 1 aromatic carbocycles. The summed E-state index contributed by atoms with van der Waals surface area (Å²) in [7, 11) is 1.58. The lowest BCUT2D eigenvalue weighted by Crippen LogP contribution is -2.35. The summed E-state index contributed by atoms with van der Waals surface area (Å²) in [6.07, 6.45) is 1.34. The summed E-state index contributed by atoms with van der Waals surface area (Å²) >= 11 is 3.09. The number of methoxy groups -OCH3 is 1. The summed E-state index contributed by atoms with van der Waals surface area (Å²) in [5.41, 5.74) is 0.0649. The normalized spacial score (nSPS) is 10.3. The molecule has 0 saturated carbocycles. The number of aromatic amines is 1. The number of rotatable bonds is 3. The molecule has 2 rings (SSSR count). The molecule has 0 spiro atoms. The average Bonchev–Trinajstić information content (AvgIpc) is 2.40. The van der Waals surface area contributed by atoms with E-state index in [2.05, 4.69) is 20.9 Å². The monoisotopic (exact) mass is 310 g/mol. The molecule has 0 aliphatic heterocycles. The Hall–Kier alpha value is -1.82. The molecule has 0 radical (unpaired) electrons. The van der Waals surface area contributed by atoms with Gasteiger partial charge in [-0.15, -0.1) is 0 Å². The first-order valence-corrected chi connectivity index (χ1v) is 6.02. The summed E-state index contributed by atoms with van der Waals surface area (Å²) in [5.74, 6) is 0.731. The average molecular weight is 311 g/mol. The lowest BCUT2D eigenvalue weighted by molar-refractivity contribution is 0.414. The molecule has 1 N–H and O–H groups in total. The van der Waals surface area contributed by atoms with Gasteiger partial charge in [-0.3, -0.25) is 9.36 Å². The van der Waals surface area contributed by atoms with Crippen LogP contribution < -0.4 is 16.0 Å². The van der Waals surface area contributed by atoms with Gasteiger partial charge >= 0.3 is 5.69 Å². The van der Waals surface area contributed by atoms with E-state index in [9.17, 15) is 9.59 Å². The highest BCUT2D eigenvalue weighted by molar-refractivity contribution is 9.10. The number of nitrogens with one attached hydrogen (secondary N) is 1. The topological polar surface area (TPSA) is 64.1 Å². The van der Waals surface area contributed by atoms with Crippen molar-refractivity contribution in [1.29, 1.82) is 0 Å².